The summed E-state index contributed by atoms with van der Waals surface area (Å²) in [5.41, 5.74) is 1.48. The summed E-state index contributed by atoms with van der Waals surface area (Å²) in [5, 5.41) is 3.10. The molecule has 128 valence electrons. The molecule has 1 aromatic heterocycles. The van der Waals surface area contributed by atoms with Crippen molar-refractivity contribution in [3.05, 3.63) is 70.5 Å². The zero-order chi connectivity index (χ0) is 17.8. The van der Waals surface area contributed by atoms with Crippen molar-refractivity contribution in [3.8, 4) is 0 Å². The molecule has 6 heteroatoms. The zero-order valence-corrected chi connectivity index (χ0v) is 13.8. The van der Waals surface area contributed by atoms with Gasteiger partial charge in [-0.1, -0.05) is 18.2 Å². The van der Waals surface area contributed by atoms with E-state index in [2.05, 4.69) is 10.3 Å². The van der Waals surface area contributed by atoms with Gasteiger partial charge in [0, 0.05) is 13.0 Å². The number of benzene rings is 2. The Kier molecular flexibility index (Phi) is 4.88. The van der Waals surface area contributed by atoms with Crippen LogP contribution >= 0.6 is 0 Å². The molecule has 0 saturated carbocycles. The van der Waals surface area contributed by atoms with Crippen LogP contribution in [-0.2, 0) is 11.3 Å². The first-order valence-corrected chi connectivity index (χ1v) is 8.05. The fraction of sp³-hybridized carbons (Fsp3) is 0.211. The lowest BCUT2D eigenvalue weighted by Crippen LogP contribution is -2.21. The normalized spacial score (nSPS) is 10.8. The molecule has 0 bridgehead atoms. The number of hydrogen-bond acceptors (Lipinski definition) is 3. The van der Waals surface area contributed by atoms with Crippen LogP contribution < -0.4 is 10.9 Å². The van der Waals surface area contributed by atoms with E-state index in [1.54, 1.807) is 37.3 Å². The summed E-state index contributed by atoms with van der Waals surface area (Å²) in [5.74, 6) is -0.743. The molecule has 1 N–H and O–H groups in total. The highest BCUT2D eigenvalue weighted by Crippen LogP contribution is 2.15. The van der Waals surface area contributed by atoms with E-state index in [9.17, 15) is 14.0 Å². The Morgan fingerprint density at radius 3 is 2.84 bits per heavy atom. The van der Waals surface area contributed by atoms with E-state index >= 15 is 0 Å². The highest BCUT2D eigenvalue weighted by Gasteiger charge is 2.08. The van der Waals surface area contributed by atoms with Crippen molar-refractivity contribution in [2.45, 2.75) is 26.3 Å². The summed E-state index contributed by atoms with van der Waals surface area (Å²) in [6.45, 7) is 2.16. The number of carbonyl (C=O) groups is 1. The number of rotatable bonds is 5. The largest absolute Gasteiger partial charge is 0.324 e. The molecule has 0 aliphatic carbocycles. The van der Waals surface area contributed by atoms with Crippen molar-refractivity contribution in [3.63, 3.8) is 0 Å². The van der Waals surface area contributed by atoms with Gasteiger partial charge >= 0.3 is 0 Å². The minimum absolute atomic E-state index is 0.129. The maximum absolute atomic E-state index is 13.7. The van der Waals surface area contributed by atoms with Crippen LogP contribution in [0.15, 0.2) is 53.6 Å². The molecule has 0 atom stereocenters. The number of carbonyl (C=O) groups excluding carboxylic acids is 1. The summed E-state index contributed by atoms with van der Waals surface area (Å²) in [7, 11) is 0. The van der Waals surface area contributed by atoms with Gasteiger partial charge in [0.2, 0.25) is 5.91 Å². The predicted molar refractivity (Wildman–Crippen MR) is 95.0 cm³/mol. The predicted octanol–water partition coefficient (Wildman–Crippen LogP) is 3.26. The topological polar surface area (TPSA) is 64.0 Å². The Morgan fingerprint density at radius 2 is 2.04 bits per heavy atom. The molecule has 2 aromatic carbocycles. The fourth-order valence-corrected chi connectivity index (χ4v) is 2.61. The summed E-state index contributed by atoms with van der Waals surface area (Å²) in [6.07, 6.45) is 2.13. The number of halogens is 1. The average molecular weight is 339 g/mol. The monoisotopic (exact) mass is 339 g/mol. The maximum Gasteiger partial charge on any atom is 0.261 e. The van der Waals surface area contributed by atoms with Crippen LogP contribution in [0, 0.1) is 12.7 Å². The Hall–Kier alpha value is -3.02. The third-order valence-electron chi connectivity index (χ3n) is 3.93. The van der Waals surface area contributed by atoms with Gasteiger partial charge in [-0.15, -0.1) is 0 Å². The number of anilines is 1. The fourth-order valence-electron chi connectivity index (χ4n) is 2.61. The quantitative estimate of drug-likeness (QED) is 0.776. The smallest absolute Gasteiger partial charge is 0.261 e. The third kappa shape index (κ3) is 3.91. The lowest BCUT2D eigenvalue weighted by Gasteiger charge is -2.08. The van der Waals surface area contributed by atoms with Gasteiger partial charge in [0.1, 0.15) is 5.82 Å². The van der Waals surface area contributed by atoms with Crippen molar-refractivity contribution >= 4 is 22.5 Å². The molecular formula is C19H18FN3O2. The van der Waals surface area contributed by atoms with E-state index in [1.165, 1.54) is 17.0 Å². The van der Waals surface area contributed by atoms with E-state index in [0.29, 0.717) is 23.9 Å². The minimum atomic E-state index is -0.455. The van der Waals surface area contributed by atoms with Gasteiger partial charge in [-0.3, -0.25) is 14.2 Å². The van der Waals surface area contributed by atoms with Crippen molar-refractivity contribution in [2.24, 2.45) is 0 Å². The Morgan fingerprint density at radius 1 is 1.24 bits per heavy atom. The van der Waals surface area contributed by atoms with E-state index in [0.717, 1.165) is 5.56 Å². The van der Waals surface area contributed by atoms with E-state index in [-0.39, 0.29) is 23.6 Å². The second-order valence-corrected chi connectivity index (χ2v) is 5.90. The van der Waals surface area contributed by atoms with Crippen LogP contribution in [-0.4, -0.2) is 15.5 Å². The van der Waals surface area contributed by atoms with Gasteiger partial charge < -0.3 is 5.32 Å². The van der Waals surface area contributed by atoms with Crippen molar-refractivity contribution in [1.29, 1.82) is 0 Å². The number of amides is 1. The van der Waals surface area contributed by atoms with Gasteiger partial charge in [0.25, 0.3) is 5.56 Å². The van der Waals surface area contributed by atoms with Crippen LogP contribution in [0.4, 0.5) is 10.1 Å². The minimum Gasteiger partial charge on any atom is -0.324 e. The molecular weight excluding hydrogens is 321 g/mol. The highest BCUT2D eigenvalue weighted by molar-refractivity contribution is 5.90. The van der Waals surface area contributed by atoms with Crippen molar-refractivity contribution < 1.29 is 9.18 Å². The molecule has 1 heterocycles. The SMILES string of the molecule is Cc1ccc(NC(=O)CCCn2cnc3ccccc3c2=O)c(F)c1. The second kappa shape index (κ2) is 7.25. The number of nitrogens with one attached hydrogen (secondary N) is 1. The van der Waals surface area contributed by atoms with Crippen LogP contribution in [0.5, 0.6) is 0 Å². The van der Waals surface area contributed by atoms with E-state index in [4.69, 9.17) is 0 Å². The van der Waals surface area contributed by atoms with Crippen LogP contribution in [0.3, 0.4) is 0 Å². The standard InChI is InChI=1S/C19H18FN3O2/c1-13-8-9-17(15(20)11-13)22-18(24)7-4-10-23-12-21-16-6-3-2-5-14(16)19(23)25/h2-3,5-6,8-9,11-12H,4,7,10H2,1H3,(H,22,24). The molecule has 5 nitrogen and oxygen atoms in total. The van der Waals surface area contributed by atoms with E-state index < -0.39 is 5.82 Å². The first-order valence-electron chi connectivity index (χ1n) is 8.05. The Labute approximate surface area is 144 Å². The first kappa shape index (κ1) is 16.8. The van der Waals surface area contributed by atoms with E-state index in [1.807, 2.05) is 6.07 Å². The Balaban J connectivity index is 1.60. The zero-order valence-electron chi connectivity index (χ0n) is 13.8. The molecule has 0 unspecified atom stereocenters. The average Bonchev–Trinajstić information content (AvgIpc) is 2.60. The molecule has 0 aliphatic heterocycles. The van der Waals surface area contributed by atoms with Crippen molar-refractivity contribution in [2.75, 3.05) is 5.32 Å². The van der Waals surface area contributed by atoms with Gasteiger partial charge in [0.15, 0.2) is 0 Å². The molecule has 0 aliphatic rings. The molecule has 1 amide bonds. The van der Waals surface area contributed by atoms with Gasteiger partial charge in [-0.2, -0.15) is 0 Å². The molecule has 3 aromatic rings. The highest BCUT2D eigenvalue weighted by atomic mass is 19.1. The Bertz CT molecular complexity index is 982. The molecule has 0 radical (unpaired) electrons. The molecule has 0 spiro atoms. The van der Waals surface area contributed by atoms with Gasteiger partial charge in [0.05, 0.1) is 22.9 Å². The number of para-hydroxylation sites is 1. The van der Waals surface area contributed by atoms with Crippen LogP contribution in [0.25, 0.3) is 10.9 Å². The molecule has 0 fully saturated rings. The second-order valence-electron chi connectivity index (χ2n) is 5.90. The van der Waals surface area contributed by atoms with Crippen LogP contribution in [0.2, 0.25) is 0 Å². The first-order chi connectivity index (χ1) is 12.0. The summed E-state index contributed by atoms with van der Waals surface area (Å²) >= 11 is 0. The molecule has 3 rings (SSSR count). The lowest BCUT2D eigenvalue weighted by atomic mass is 10.2. The molecule has 25 heavy (non-hydrogen) atoms. The summed E-state index contributed by atoms with van der Waals surface area (Å²) in [4.78, 5) is 28.5. The van der Waals surface area contributed by atoms with Gasteiger partial charge in [-0.05, 0) is 43.2 Å². The number of nitrogens with zero attached hydrogens (tertiary/aromatic N) is 2. The number of aromatic nitrogens is 2. The lowest BCUT2D eigenvalue weighted by molar-refractivity contribution is -0.116. The number of hydrogen-bond donors (Lipinski definition) is 1. The van der Waals surface area contributed by atoms with Crippen LogP contribution in [0.1, 0.15) is 18.4 Å². The number of fused-ring (bicyclic) bond motifs is 1. The summed E-state index contributed by atoms with van der Waals surface area (Å²) < 4.78 is 15.2. The third-order valence-corrected chi connectivity index (χ3v) is 3.93. The summed E-state index contributed by atoms with van der Waals surface area (Å²) in [6, 6.07) is 11.8. The molecule has 0 saturated heterocycles. The number of aryl methyl sites for hydroxylation is 2. The van der Waals surface area contributed by atoms with Crippen molar-refractivity contribution in [1.82, 2.24) is 9.55 Å². The van der Waals surface area contributed by atoms with Gasteiger partial charge in [-0.25, -0.2) is 9.37 Å². The maximum atomic E-state index is 13.7.